The Labute approximate surface area is 169 Å². The lowest BCUT2D eigenvalue weighted by Gasteiger charge is -2.28. The van der Waals surface area contributed by atoms with Gasteiger partial charge in [-0.1, -0.05) is 44.2 Å². The molecule has 3 rings (SSSR count). The van der Waals surface area contributed by atoms with Crippen molar-refractivity contribution in [2.75, 3.05) is 24.8 Å². The maximum atomic E-state index is 12.9. The van der Waals surface area contributed by atoms with E-state index in [2.05, 4.69) is 29.2 Å². The SMILES string of the molecule is CCCCOC(=O)C1=C(C)Nc2nc(SCC)nn2C1c1ccc(OC)cc1. The van der Waals surface area contributed by atoms with Gasteiger partial charge < -0.3 is 14.8 Å². The molecule has 7 nitrogen and oxygen atoms in total. The van der Waals surface area contributed by atoms with Crippen molar-refractivity contribution in [2.45, 2.75) is 44.8 Å². The summed E-state index contributed by atoms with van der Waals surface area (Å²) in [6, 6.07) is 7.24. The smallest absolute Gasteiger partial charge is 0.338 e. The predicted octanol–water partition coefficient (Wildman–Crippen LogP) is 4.03. The monoisotopic (exact) mass is 402 g/mol. The largest absolute Gasteiger partial charge is 0.497 e. The van der Waals surface area contributed by atoms with Crippen LogP contribution in [0.4, 0.5) is 5.95 Å². The fraction of sp³-hybridized carbons (Fsp3) is 0.450. The van der Waals surface area contributed by atoms with Crippen molar-refractivity contribution in [2.24, 2.45) is 0 Å². The number of nitrogens with zero attached hydrogens (tertiary/aromatic N) is 3. The lowest BCUT2D eigenvalue weighted by Crippen LogP contribution is -2.29. The molecule has 2 heterocycles. The summed E-state index contributed by atoms with van der Waals surface area (Å²) in [5.41, 5.74) is 2.20. The van der Waals surface area contributed by atoms with Gasteiger partial charge in [0.25, 0.3) is 0 Å². The molecule has 0 saturated carbocycles. The Morgan fingerprint density at radius 2 is 2.04 bits per heavy atom. The predicted molar refractivity (Wildman–Crippen MR) is 110 cm³/mol. The van der Waals surface area contributed by atoms with Gasteiger partial charge in [-0.05, 0) is 36.8 Å². The number of ether oxygens (including phenoxy) is 2. The van der Waals surface area contributed by atoms with Crippen molar-refractivity contribution < 1.29 is 14.3 Å². The number of thioether (sulfide) groups is 1. The highest BCUT2D eigenvalue weighted by Crippen LogP contribution is 2.37. The molecule has 150 valence electrons. The number of hydrogen-bond donors (Lipinski definition) is 1. The van der Waals surface area contributed by atoms with Crippen LogP contribution in [0.25, 0.3) is 0 Å². The summed E-state index contributed by atoms with van der Waals surface area (Å²) in [6.45, 7) is 6.40. The Bertz CT molecular complexity index is 861. The van der Waals surface area contributed by atoms with Gasteiger partial charge in [-0.2, -0.15) is 4.98 Å². The molecule has 0 spiro atoms. The van der Waals surface area contributed by atoms with Crippen LogP contribution < -0.4 is 10.1 Å². The van der Waals surface area contributed by atoms with Crippen LogP contribution in [-0.4, -0.2) is 40.2 Å². The van der Waals surface area contributed by atoms with E-state index in [1.807, 2.05) is 31.2 Å². The minimum Gasteiger partial charge on any atom is -0.497 e. The summed E-state index contributed by atoms with van der Waals surface area (Å²) in [5, 5.41) is 8.53. The standard InChI is InChI=1S/C20H26N4O3S/c1-5-7-12-27-18(25)16-13(3)21-19-22-20(28-6-2)23-24(19)17(16)14-8-10-15(26-4)11-9-14/h8-11,17H,5-7,12H2,1-4H3,(H,21,22,23). The zero-order valence-electron chi connectivity index (χ0n) is 16.7. The second-order valence-electron chi connectivity index (χ2n) is 6.42. The van der Waals surface area contributed by atoms with Gasteiger partial charge >= 0.3 is 5.97 Å². The van der Waals surface area contributed by atoms with Crippen molar-refractivity contribution in [3.63, 3.8) is 0 Å². The number of rotatable bonds is 8. The third kappa shape index (κ3) is 4.16. The lowest BCUT2D eigenvalue weighted by atomic mass is 9.96. The number of fused-ring (bicyclic) bond motifs is 1. The van der Waals surface area contributed by atoms with Gasteiger partial charge in [0.2, 0.25) is 11.1 Å². The number of anilines is 1. The molecule has 1 aliphatic rings. The maximum Gasteiger partial charge on any atom is 0.338 e. The molecule has 0 radical (unpaired) electrons. The number of esters is 1. The van der Waals surface area contributed by atoms with Crippen LogP contribution in [0.15, 0.2) is 40.7 Å². The highest BCUT2D eigenvalue weighted by molar-refractivity contribution is 7.99. The third-order valence-electron chi connectivity index (χ3n) is 4.49. The van der Waals surface area contributed by atoms with Gasteiger partial charge in [0.15, 0.2) is 0 Å². The second-order valence-corrected chi connectivity index (χ2v) is 7.66. The Balaban J connectivity index is 2.02. The van der Waals surface area contributed by atoms with Gasteiger partial charge in [-0.15, -0.1) is 5.10 Å². The van der Waals surface area contributed by atoms with Crippen LogP contribution in [0.5, 0.6) is 5.75 Å². The van der Waals surface area contributed by atoms with Crippen molar-refractivity contribution in [3.8, 4) is 5.75 Å². The number of unbranched alkanes of at least 4 members (excludes halogenated alkanes) is 1. The summed E-state index contributed by atoms with van der Waals surface area (Å²) in [4.78, 5) is 17.5. The zero-order chi connectivity index (χ0) is 20.1. The molecule has 8 heteroatoms. The van der Waals surface area contributed by atoms with E-state index in [9.17, 15) is 4.79 Å². The first-order valence-corrected chi connectivity index (χ1v) is 10.5. The molecule has 0 fully saturated rings. The fourth-order valence-corrected chi connectivity index (χ4v) is 3.62. The van der Waals surface area contributed by atoms with Crippen molar-refractivity contribution >= 4 is 23.7 Å². The zero-order valence-corrected chi connectivity index (χ0v) is 17.5. The number of allylic oxidation sites excluding steroid dienone is 1. The summed E-state index contributed by atoms with van der Waals surface area (Å²) in [6.07, 6.45) is 1.81. The Hall–Kier alpha value is -2.48. The molecular formula is C20H26N4O3S. The normalized spacial score (nSPS) is 15.8. The molecule has 1 unspecified atom stereocenters. The van der Waals surface area contributed by atoms with Crippen LogP contribution in [0.3, 0.4) is 0 Å². The fourth-order valence-electron chi connectivity index (χ4n) is 3.07. The van der Waals surface area contributed by atoms with Crippen LogP contribution >= 0.6 is 11.8 Å². The molecule has 1 aliphatic heterocycles. The average molecular weight is 403 g/mol. The molecule has 1 aromatic heterocycles. The molecule has 0 amide bonds. The first-order chi connectivity index (χ1) is 13.6. The molecule has 0 saturated heterocycles. The van der Waals surface area contributed by atoms with Crippen LogP contribution in [0, 0.1) is 0 Å². The van der Waals surface area contributed by atoms with E-state index in [1.165, 1.54) is 0 Å². The van der Waals surface area contributed by atoms with E-state index >= 15 is 0 Å². The first kappa shape index (κ1) is 20.3. The minimum absolute atomic E-state index is 0.329. The van der Waals surface area contributed by atoms with E-state index in [4.69, 9.17) is 9.47 Å². The summed E-state index contributed by atoms with van der Waals surface area (Å²) >= 11 is 1.56. The van der Waals surface area contributed by atoms with Crippen molar-refractivity contribution in [1.82, 2.24) is 14.8 Å². The van der Waals surface area contributed by atoms with E-state index in [0.717, 1.165) is 35.6 Å². The minimum atomic E-state index is -0.407. The number of aromatic nitrogens is 3. The Morgan fingerprint density at radius 1 is 1.29 bits per heavy atom. The van der Waals surface area contributed by atoms with Gasteiger partial charge in [-0.25, -0.2) is 9.48 Å². The third-order valence-corrected chi connectivity index (χ3v) is 5.21. The number of hydrogen-bond acceptors (Lipinski definition) is 7. The summed E-state index contributed by atoms with van der Waals surface area (Å²) < 4.78 is 12.6. The van der Waals surface area contributed by atoms with Gasteiger partial charge in [0.05, 0.1) is 19.3 Å². The van der Waals surface area contributed by atoms with Gasteiger partial charge in [0, 0.05) is 5.70 Å². The molecule has 2 aromatic rings. The highest BCUT2D eigenvalue weighted by atomic mass is 32.2. The number of carbonyl (C=O) groups excluding carboxylic acids is 1. The van der Waals surface area contributed by atoms with Gasteiger partial charge in [0.1, 0.15) is 11.8 Å². The molecule has 28 heavy (non-hydrogen) atoms. The van der Waals surface area contributed by atoms with Crippen LogP contribution in [0.2, 0.25) is 0 Å². The molecule has 0 bridgehead atoms. The second kappa shape index (κ2) is 9.14. The quantitative estimate of drug-likeness (QED) is 0.406. The molecule has 1 atom stereocenters. The Kier molecular flexibility index (Phi) is 6.61. The van der Waals surface area contributed by atoms with Crippen LogP contribution in [0.1, 0.15) is 45.2 Å². The van der Waals surface area contributed by atoms with Crippen molar-refractivity contribution in [1.29, 1.82) is 0 Å². The highest BCUT2D eigenvalue weighted by Gasteiger charge is 2.35. The van der Waals surface area contributed by atoms with E-state index in [-0.39, 0.29) is 5.97 Å². The number of benzene rings is 1. The van der Waals surface area contributed by atoms with E-state index < -0.39 is 6.04 Å². The average Bonchev–Trinajstić information content (AvgIpc) is 3.09. The van der Waals surface area contributed by atoms with Crippen molar-refractivity contribution in [3.05, 3.63) is 41.1 Å². The number of nitrogens with one attached hydrogen (secondary N) is 1. The first-order valence-electron chi connectivity index (χ1n) is 9.47. The molecular weight excluding hydrogens is 376 g/mol. The van der Waals surface area contributed by atoms with Crippen LogP contribution in [-0.2, 0) is 9.53 Å². The van der Waals surface area contributed by atoms with E-state index in [1.54, 1.807) is 23.6 Å². The van der Waals surface area contributed by atoms with Gasteiger partial charge in [-0.3, -0.25) is 0 Å². The lowest BCUT2D eigenvalue weighted by molar-refractivity contribution is -0.139. The molecule has 0 aliphatic carbocycles. The Morgan fingerprint density at radius 3 is 2.68 bits per heavy atom. The number of carbonyl (C=O) groups is 1. The molecule has 1 aromatic carbocycles. The maximum absolute atomic E-state index is 12.9. The topological polar surface area (TPSA) is 78.3 Å². The summed E-state index contributed by atoms with van der Waals surface area (Å²) in [7, 11) is 1.63. The van der Waals surface area contributed by atoms with E-state index in [0.29, 0.717) is 23.3 Å². The summed E-state index contributed by atoms with van der Waals surface area (Å²) in [5.74, 6) is 1.92. The number of methoxy groups -OCH3 is 1. The molecule has 1 N–H and O–H groups in total.